The predicted molar refractivity (Wildman–Crippen MR) is 69.4 cm³/mol. The summed E-state index contributed by atoms with van der Waals surface area (Å²) in [5.41, 5.74) is 1.17. The van der Waals surface area contributed by atoms with E-state index in [1.54, 1.807) is 18.2 Å². The van der Waals surface area contributed by atoms with Gasteiger partial charge in [0.15, 0.2) is 0 Å². The van der Waals surface area contributed by atoms with Crippen LogP contribution >= 0.6 is 11.6 Å². The van der Waals surface area contributed by atoms with Crippen LogP contribution in [0.2, 0.25) is 5.02 Å². The van der Waals surface area contributed by atoms with Crippen LogP contribution in [0.25, 0.3) is 0 Å². The molecule has 92 valence electrons. The number of hydrogen-bond acceptors (Lipinski definition) is 4. The molecule has 0 saturated heterocycles. The molecule has 2 N–H and O–H groups in total. The van der Waals surface area contributed by atoms with Gasteiger partial charge in [0.25, 0.3) is 0 Å². The molecule has 0 saturated carbocycles. The van der Waals surface area contributed by atoms with Crippen molar-refractivity contribution in [1.29, 1.82) is 0 Å². The zero-order valence-corrected chi connectivity index (χ0v) is 10.2. The van der Waals surface area contributed by atoms with E-state index >= 15 is 0 Å². The molecule has 4 nitrogen and oxygen atoms in total. The molecule has 0 heterocycles. The van der Waals surface area contributed by atoms with Crippen LogP contribution in [0.15, 0.2) is 52.7 Å². The summed E-state index contributed by atoms with van der Waals surface area (Å²) in [6, 6.07) is 11.5. The van der Waals surface area contributed by atoms with Gasteiger partial charge < -0.3 is 10.2 Å². The molecule has 2 rings (SSSR count). The largest absolute Gasteiger partial charge is 0.508 e. The lowest BCUT2D eigenvalue weighted by molar-refractivity contribution is 0.446. The lowest BCUT2D eigenvalue weighted by Crippen LogP contribution is -1.81. The highest BCUT2D eigenvalue weighted by Crippen LogP contribution is 2.26. The van der Waals surface area contributed by atoms with Gasteiger partial charge in [-0.15, -0.1) is 0 Å². The van der Waals surface area contributed by atoms with Crippen molar-refractivity contribution in [3.63, 3.8) is 0 Å². The third-order valence-electron chi connectivity index (χ3n) is 2.34. The highest BCUT2D eigenvalue weighted by molar-refractivity contribution is 6.32. The molecule has 0 fully saturated rings. The molecule has 0 aliphatic carbocycles. The zero-order valence-electron chi connectivity index (χ0n) is 9.42. The summed E-state index contributed by atoms with van der Waals surface area (Å²) >= 11 is 5.92. The Balaban J connectivity index is 2.10. The Kier molecular flexibility index (Phi) is 3.79. The van der Waals surface area contributed by atoms with Crippen LogP contribution in [-0.2, 0) is 6.54 Å². The molecule has 0 spiro atoms. The Hall–Kier alpha value is -2.07. The van der Waals surface area contributed by atoms with Crippen LogP contribution in [0, 0.1) is 0 Å². The Morgan fingerprint density at radius 1 is 1.06 bits per heavy atom. The van der Waals surface area contributed by atoms with Gasteiger partial charge in [0.2, 0.25) is 0 Å². The second kappa shape index (κ2) is 5.51. The van der Waals surface area contributed by atoms with Crippen LogP contribution in [0.1, 0.15) is 5.56 Å². The second-order valence-corrected chi connectivity index (χ2v) is 4.07. The molecular formula is C13H11ClN2O2. The maximum atomic E-state index is 9.56. The van der Waals surface area contributed by atoms with E-state index in [4.69, 9.17) is 16.7 Å². The molecule has 2 aromatic carbocycles. The molecule has 0 radical (unpaired) electrons. The Labute approximate surface area is 109 Å². The molecule has 0 bridgehead atoms. The molecule has 0 amide bonds. The van der Waals surface area contributed by atoms with Crippen LogP contribution < -0.4 is 0 Å². The maximum absolute atomic E-state index is 9.56. The minimum absolute atomic E-state index is 0.00638. The first-order chi connectivity index (χ1) is 8.66. The number of benzene rings is 2. The van der Waals surface area contributed by atoms with E-state index in [0.29, 0.717) is 16.3 Å². The maximum Gasteiger partial charge on any atom is 0.124 e. The van der Waals surface area contributed by atoms with Gasteiger partial charge >= 0.3 is 0 Å². The first kappa shape index (κ1) is 12.4. The summed E-state index contributed by atoms with van der Waals surface area (Å²) < 4.78 is 0. The fourth-order valence-corrected chi connectivity index (χ4v) is 1.58. The van der Waals surface area contributed by atoms with Crippen LogP contribution in [0.5, 0.6) is 11.5 Å². The standard InChI is InChI=1S/C13H11ClN2O2/c14-11-3-1-2-4-12(11)16-15-8-9-5-6-10(17)7-13(9)18/h1-7,17-18H,8H2. The Bertz CT molecular complexity index is 585. The van der Waals surface area contributed by atoms with Gasteiger partial charge in [-0.1, -0.05) is 23.7 Å². The molecular weight excluding hydrogens is 252 g/mol. The van der Waals surface area contributed by atoms with Crippen molar-refractivity contribution < 1.29 is 10.2 Å². The van der Waals surface area contributed by atoms with Crippen molar-refractivity contribution in [2.75, 3.05) is 0 Å². The van der Waals surface area contributed by atoms with E-state index in [1.165, 1.54) is 12.1 Å². The van der Waals surface area contributed by atoms with Crippen molar-refractivity contribution in [2.24, 2.45) is 10.2 Å². The van der Waals surface area contributed by atoms with E-state index in [1.807, 2.05) is 12.1 Å². The quantitative estimate of drug-likeness (QED) is 0.820. The number of halogens is 1. The summed E-state index contributed by atoms with van der Waals surface area (Å²) in [7, 11) is 0. The van der Waals surface area contributed by atoms with Crippen LogP contribution in [0.4, 0.5) is 5.69 Å². The first-order valence-corrected chi connectivity index (χ1v) is 5.67. The Morgan fingerprint density at radius 3 is 2.56 bits per heavy atom. The van der Waals surface area contributed by atoms with E-state index in [0.717, 1.165) is 0 Å². The van der Waals surface area contributed by atoms with Crippen molar-refractivity contribution in [2.45, 2.75) is 6.54 Å². The molecule has 0 aliphatic rings. The number of nitrogens with zero attached hydrogens (tertiary/aromatic N) is 2. The molecule has 0 atom stereocenters. The van der Waals surface area contributed by atoms with E-state index in [2.05, 4.69) is 10.2 Å². The minimum atomic E-state index is -0.00638. The van der Waals surface area contributed by atoms with E-state index < -0.39 is 0 Å². The first-order valence-electron chi connectivity index (χ1n) is 5.29. The number of azo groups is 1. The smallest absolute Gasteiger partial charge is 0.124 e. The summed E-state index contributed by atoms with van der Waals surface area (Å²) in [5.74, 6) is 0.00685. The summed E-state index contributed by atoms with van der Waals surface area (Å²) in [5, 5.41) is 27.2. The van der Waals surface area contributed by atoms with Gasteiger partial charge in [0, 0.05) is 11.6 Å². The lowest BCUT2D eigenvalue weighted by Gasteiger charge is -2.01. The van der Waals surface area contributed by atoms with Gasteiger partial charge in [-0.25, -0.2) is 0 Å². The zero-order chi connectivity index (χ0) is 13.0. The highest BCUT2D eigenvalue weighted by Gasteiger charge is 2.01. The number of phenolic OH excluding ortho intramolecular Hbond substituents is 2. The van der Waals surface area contributed by atoms with E-state index in [9.17, 15) is 5.11 Å². The molecule has 2 aromatic rings. The van der Waals surface area contributed by atoms with E-state index in [-0.39, 0.29) is 18.0 Å². The fourth-order valence-electron chi connectivity index (χ4n) is 1.41. The monoisotopic (exact) mass is 262 g/mol. The highest BCUT2D eigenvalue weighted by atomic mass is 35.5. The van der Waals surface area contributed by atoms with Crippen molar-refractivity contribution in [3.05, 3.63) is 53.1 Å². The van der Waals surface area contributed by atoms with Gasteiger partial charge in [-0.05, 0) is 24.3 Å². The predicted octanol–water partition coefficient (Wildman–Crippen LogP) is 4.04. The number of aromatic hydroxyl groups is 2. The van der Waals surface area contributed by atoms with Crippen molar-refractivity contribution in [3.8, 4) is 11.5 Å². The summed E-state index contributed by atoms with van der Waals surface area (Å²) in [6.45, 7) is 0.220. The lowest BCUT2D eigenvalue weighted by atomic mass is 10.2. The normalized spacial score (nSPS) is 10.9. The minimum Gasteiger partial charge on any atom is -0.508 e. The fraction of sp³-hybridized carbons (Fsp3) is 0.0769. The molecule has 0 aromatic heterocycles. The third-order valence-corrected chi connectivity index (χ3v) is 2.66. The molecule has 5 heteroatoms. The van der Waals surface area contributed by atoms with Crippen LogP contribution in [-0.4, -0.2) is 10.2 Å². The number of rotatable bonds is 3. The molecule has 18 heavy (non-hydrogen) atoms. The van der Waals surface area contributed by atoms with Gasteiger partial charge in [0.1, 0.15) is 17.2 Å². The van der Waals surface area contributed by atoms with Gasteiger partial charge in [0.05, 0.1) is 11.6 Å². The summed E-state index contributed by atoms with van der Waals surface area (Å²) in [4.78, 5) is 0. The van der Waals surface area contributed by atoms with Gasteiger partial charge in [-0.3, -0.25) is 0 Å². The average molecular weight is 263 g/mol. The Morgan fingerprint density at radius 2 is 1.83 bits per heavy atom. The van der Waals surface area contributed by atoms with Crippen molar-refractivity contribution in [1.82, 2.24) is 0 Å². The number of phenols is 2. The molecule has 0 aliphatic heterocycles. The average Bonchev–Trinajstić information content (AvgIpc) is 2.34. The molecule has 0 unspecified atom stereocenters. The van der Waals surface area contributed by atoms with Crippen LogP contribution in [0.3, 0.4) is 0 Å². The SMILES string of the molecule is Oc1ccc(CN=Nc2ccccc2Cl)c(O)c1. The third kappa shape index (κ3) is 2.99. The summed E-state index contributed by atoms with van der Waals surface area (Å²) in [6.07, 6.45) is 0. The topological polar surface area (TPSA) is 65.2 Å². The van der Waals surface area contributed by atoms with Gasteiger partial charge in [-0.2, -0.15) is 10.2 Å². The second-order valence-electron chi connectivity index (χ2n) is 3.66. The number of hydrogen-bond donors (Lipinski definition) is 2. The van der Waals surface area contributed by atoms with Crippen molar-refractivity contribution >= 4 is 17.3 Å².